The van der Waals surface area contributed by atoms with Gasteiger partial charge in [-0.2, -0.15) is 0 Å². The zero-order valence-electron chi connectivity index (χ0n) is 16.5. The normalized spacial score (nSPS) is 11.7. The molecule has 1 aromatic heterocycles. The number of esters is 2. The molecule has 0 atom stereocenters. The first-order valence-corrected chi connectivity index (χ1v) is 9.81. The molecule has 2 heterocycles. The molecule has 1 amide bonds. The largest absolute Gasteiger partial charge is 0.462 e. The Bertz CT molecular complexity index is 1030. The van der Waals surface area contributed by atoms with Gasteiger partial charge in [-0.15, -0.1) is 11.3 Å². The predicted molar refractivity (Wildman–Crippen MR) is 106 cm³/mol. The summed E-state index contributed by atoms with van der Waals surface area (Å²) >= 11 is 0.968. The van der Waals surface area contributed by atoms with Crippen LogP contribution in [0.25, 0.3) is 0 Å². The lowest BCUT2D eigenvalue weighted by Crippen LogP contribution is -2.21. The molecule has 1 aliphatic rings. The Labute approximate surface area is 175 Å². The fraction of sp³-hybridized carbons (Fsp3) is 0.300. The fourth-order valence-electron chi connectivity index (χ4n) is 2.79. The van der Waals surface area contributed by atoms with Crippen molar-refractivity contribution in [3.8, 4) is 11.5 Å². The number of carbonyl (C=O) groups excluding carboxylic acids is 4. The van der Waals surface area contributed by atoms with Gasteiger partial charge >= 0.3 is 11.9 Å². The molecule has 0 fully saturated rings. The highest BCUT2D eigenvalue weighted by atomic mass is 32.1. The molecule has 1 aliphatic heterocycles. The monoisotopic (exact) mass is 433 g/mol. The molecule has 0 spiro atoms. The second-order valence-electron chi connectivity index (χ2n) is 6.23. The van der Waals surface area contributed by atoms with Crippen LogP contribution in [0.5, 0.6) is 11.5 Å². The van der Waals surface area contributed by atoms with Crippen LogP contribution < -0.4 is 14.8 Å². The smallest absolute Gasteiger partial charge is 0.341 e. The SMILES string of the molecule is CCOC(=O)c1c(NC(=O)COC(=O)c2ccc3c(c2)OCO3)sc(C(C)=O)c1C. The minimum Gasteiger partial charge on any atom is -0.462 e. The average Bonchev–Trinajstić information content (AvgIpc) is 3.29. The van der Waals surface area contributed by atoms with Gasteiger partial charge in [-0.1, -0.05) is 0 Å². The number of fused-ring (bicyclic) bond motifs is 1. The molecule has 2 aromatic rings. The van der Waals surface area contributed by atoms with E-state index in [1.807, 2.05) is 0 Å². The minimum absolute atomic E-state index is 0.0710. The van der Waals surface area contributed by atoms with E-state index in [-0.39, 0.29) is 35.3 Å². The van der Waals surface area contributed by atoms with E-state index in [2.05, 4.69) is 5.32 Å². The van der Waals surface area contributed by atoms with Gasteiger partial charge in [0.2, 0.25) is 6.79 Å². The Morgan fingerprint density at radius 1 is 1.10 bits per heavy atom. The van der Waals surface area contributed by atoms with Gasteiger partial charge in [0.1, 0.15) is 5.00 Å². The van der Waals surface area contributed by atoms with E-state index in [9.17, 15) is 19.2 Å². The zero-order chi connectivity index (χ0) is 21.8. The third kappa shape index (κ3) is 4.43. The summed E-state index contributed by atoms with van der Waals surface area (Å²) in [4.78, 5) is 48.9. The van der Waals surface area contributed by atoms with Crippen molar-refractivity contribution in [1.29, 1.82) is 0 Å². The van der Waals surface area contributed by atoms with Crippen molar-refractivity contribution in [1.82, 2.24) is 0 Å². The molecule has 0 unspecified atom stereocenters. The van der Waals surface area contributed by atoms with Gasteiger partial charge in [-0.05, 0) is 44.5 Å². The molecule has 0 aliphatic carbocycles. The van der Waals surface area contributed by atoms with Crippen LogP contribution in [0.1, 0.15) is 49.8 Å². The summed E-state index contributed by atoms with van der Waals surface area (Å²) in [5.74, 6) is -1.33. The summed E-state index contributed by atoms with van der Waals surface area (Å²) in [7, 11) is 0. The van der Waals surface area contributed by atoms with Gasteiger partial charge in [-0.25, -0.2) is 9.59 Å². The molecular formula is C20H19NO8S. The van der Waals surface area contributed by atoms with Crippen LogP contribution in [-0.4, -0.2) is 43.6 Å². The molecule has 0 bridgehead atoms. The fourth-order valence-corrected chi connectivity index (χ4v) is 3.89. The number of ether oxygens (including phenoxy) is 4. The van der Waals surface area contributed by atoms with Gasteiger partial charge in [0, 0.05) is 0 Å². The number of hydrogen-bond acceptors (Lipinski definition) is 9. The molecular weight excluding hydrogens is 414 g/mol. The van der Waals surface area contributed by atoms with Crippen LogP contribution in [0, 0.1) is 6.92 Å². The summed E-state index contributed by atoms with van der Waals surface area (Å²) in [6.45, 7) is 4.26. The number of benzene rings is 1. The van der Waals surface area contributed by atoms with Crippen molar-refractivity contribution in [2.45, 2.75) is 20.8 Å². The Balaban J connectivity index is 1.68. The Kier molecular flexibility index (Phi) is 6.36. The number of thiophene rings is 1. The highest BCUT2D eigenvalue weighted by Gasteiger charge is 2.25. The van der Waals surface area contributed by atoms with Crippen molar-refractivity contribution in [3.63, 3.8) is 0 Å². The van der Waals surface area contributed by atoms with Crippen molar-refractivity contribution < 1.29 is 38.1 Å². The number of carbonyl (C=O) groups is 4. The number of nitrogens with one attached hydrogen (secondary N) is 1. The molecule has 10 heteroatoms. The lowest BCUT2D eigenvalue weighted by molar-refractivity contribution is -0.119. The summed E-state index contributed by atoms with van der Waals surface area (Å²) in [6, 6.07) is 4.53. The van der Waals surface area contributed by atoms with Gasteiger partial charge in [0.15, 0.2) is 23.9 Å². The number of rotatable bonds is 7. The summed E-state index contributed by atoms with van der Waals surface area (Å²) in [5, 5.41) is 2.69. The lowest BCUT2D eigenvalue weighted by Gasteiger charge is -2.08. The third-order valence-electron chi connectivity index (χ3n) is 4.14. The van der Waals surface area contributed by atoms with Crippen LogP contribution in [0.15, 0.2) is 18.2 Å². The molecule has 9 nitrogen and oxygen atoms in total. The topological polar surface area (TPSA) is 117 Å². The first-order chi connectivity index (χ1) is 14.3. The highest BCUT2D eigenvalue weighted by Crippen LogP contribution is 2.34. The first kappa shape index (κ1) is 21.3. The van der Waals surface area contributed by atoms with Gasteiger partial charge in [-0.3, -0.25) is 9.59 Å². The van der Waals surface area contributed by atoms with Crippen LogP contribution in [0.2, 0.25) is 0 Å². The molecule has 30 heavy (non-hydrogen) atoms. The van der Waals surface area contributed by atoms with Gasteiger partial charge in [0.25, 0.3) is 5.91 Å². The van der Waals surface area contributed by atoms with E-state index in [1.54, 1.807) is 19.9 Å². The summed E-state index contributed by atoms with van der Waals surface area (Å²) in [6.07, 6.45) is 0. The molecule has 1 N–H and O–H groups in total. The number of anilines is 1. The quantitative estimate of drug-likeness (QED) is 0.523. The Morgan fingerprint density at radius 3 is 2.53 bits per heavy atom. The van der Waals surface area contributed by atoms with Crippen LogP contribution in [0.4, 0.5) is 5.00 Å². The molecule has 3 rings (SSSR count). The van der Waals surface area contributed by atoms with E-state index < -0.39 is 24.5 Å². The van der Waals surface area contributed by atoms with Crippen molar-refractivity contribution >= 4 is 40.0 Å². The maximum Gasteiger partial charge on any atom is 0.341 e. The second-order valence-corrected chi connectivity index (χ2v) is 7.25. The zero-order valence-corrected chi connectivity index (χ0v) is 17.3. The standard InChI is InChI=1S/C20H19NO8S/c1-4-26-20(25)16-10(2)17(11(3)22)30-18(16)21-15(23)8-27-19(24)12-5-6-13-14(7-12)29-9-28-13/h5-7H,4,8-9H2,1-3H3,(H,21,23). The molecule has 0 saturated heterocycles. The second kappa shape index (κ2) is 8.95. The third-order valence-corrected chi connectivity index (χ3v) is 5.45. The van der Waals surface area contributed by atoms with E-state index in [1.165, 1.54) is 19.1 Å². The van der Waals surface area contributed by atoms with Crippen molar-refractivity contribution in [2.75, 3.05) is 25.3 Å². The van der Waals surface area contributed by atoms with Crippen LogP contribution in [-0.2, 0) is 14.3 Å². The lowest BCUT2D eigenvalue weighted by atomic mass is 10.1. The first-order valence-electron chi connectivity index (χ1n) is 8.99. The maximum atomic E-state index is 12.3. The average molecular weight is 433 g/mol. The Morgan fingerprint density at radius 2 is 1.83 bits per heavy atom. The number of Topliss-reactive ketones (excluding diaryl/α,β-unsaturated/α-hetero) is 1. The molecule has 1 aromatic carbocycles. The van der Waals surface area contributed by atoms with E-state index in [4.69, 9.17) is 18.9 Å². The number of amides is 1. The summed E-state index contributed by atoms with van der Waals surface area (Å²) < 4.78 is 20.4. The van der Waals surface area contributed by atoms with Crippen molar-refractivity contribution in [2.24, 2.45) is 0 Å². The van der Waals surface area contributed by atoms with Crippen molar-refractivity contribution in [3.05, 3.63) is 39.8 Å². The highest BCUT2D eigenvalue weighted by molar-refractivity contribution is 7.18. The van der Waals surface area contributed by atoms with Crippen LogP contribution >= 0.6 is 11.3 Å². The van der Waals surface area contributed by atoms with E-state index in [0.717, 1.165) is 11.3 Å². The van der Waals surface area contributed by atoms with Gasteiger partial charge < -0.3 is 24.3 Å². The molecule has 0 saturated carbocycles. The minimum atomic E-state index is -0.721. The maximum absolute atomic E-state index is 12.3. The van der Waals surface area contributed by atoms with E-state index >= 15 is 0 Å². The predicted octanol–water partition coefficient (Wildman–Crippen LogP) is 2.96. The summed E-state index contributed by atoms with van der Waals surface area (Å²) in [5.41, 5.74) is 0.742. The van der Waals surface area contributed by atoms with Crippen LogP contribution in [0.3, 0.4) is 0 Å². The number of ketones is 1. The number of hydrogen-bond donors (Lipinski definition) is 1. The molecule has 158 valence electrons. The van der Waals surface area contributed by atoms with Gasteiger partial charge in [0.05, 0.1) is 22.6 Å². The molecule has 0 radical (unpaired) electrons. The Hall–Kier alpha value is -3.40. The van der Waals surface area contributed by atoms with E-state index in [0.29, 0.717) is 21.9 Å².